The van der Waals surface area contributed by atoms with Gasteiger partial charge in [-0.1, -0.05) is 24.3 Å². The van der Waals surface area contributed by atoms with Crippen molar-refractivity contribution in [1.29, 1.82) is 0 Å². The Labute approximate surface area is 137 Å². The van der Waals surface area contributed by atoms with E-state index in [1.807, 2.05) is 25.1 Å². The highest BCUT2D eigenvalue weighted by atomic mass is 19.1. The Morgan fingerprint density at radius 1 is 1.13 bits per heavy atom. The van der Waals surface area contributed by atoms with Crippen molar-refractivity contribution >= 4 is 11.6 Å². The molecule has 0 fully saturated rings. The summed E-state index contributed by atoms with van der Waals surface area (Å²) in [5, 5.41) is 2.86. The second-order valence-electron chi connectivity index (χ2n) is 5.68. The number of carbonyl (C=O) groups excluding carboxylic acids is 1. The van der Waals surface area contributed by atoms with E-state index in [4.69, 9.17) is 0 Å². The second kappa shape index (κ2) is 8.32. The summed E-state index contributed by atoms with van der Waals surface area (Å²) in [7, 11) is 2.06. The first-order valence-corrected chi connectivity index (χ1v) is 7.88. The van der Waals surface area contributed by atoms with E-state index in [0.717, 1.165) is 24.9 Å². The summed E-state index contributed by atoms with van der Waals surface area (Å²) in [5.41, 5.74) is 2.38. The number of anilines is 1. The lowest BCUT2D eigenvalue weighted by Gasteiger charge is -2.19. The largest absolute Gasteiger partial charge is 0.375 e. The van der Waals surface area contributed by atoms with E-state index in [1.54, 1.807) is 6.07 Å². The van der Waals surface area contributed by atoms with Gasteiger partial charge in [0.1, 0.15) is 5.82 Å². The van der Waals surface area contributed by atoms with Gasteiger partial charge in [-0.25, -0.2) is 4.39 Å². The first kappa shape index (κ1) is 17.0. The molecule has 122 valence electrons. The minimum atomic E-state index is -0.384. The van der Waals surface area contributed by atoms with Crippen LogP contribution in [-0.4, -0.2) is 26.0 Å². The van der Waals surface area contributed by atoms with Crippen molar-refractivity contribution < 1.29 is 9.18 Å². The second-order valence-corrected chi connectivity index (χ2v) is 5.68. The Kier molecular flexibility index (Phi) is 6.15. The Bertz CT molecular complexity index is 643. The number of amides is 1. The van der Waals surface area contributed by atoms with Gasteiger partial charge in [-0.3, -0.25) is 4.79 Å². The molecule has 0 bridgehead atoms. The minimum absolute atomic E-state index is 0.210. The molecule has 0 aliphatic carbocycles. The van der Waals surface area contributed by atoms with Crippen molar-refractivity contribution in [2.75, 3.05) is 25.0 Å². The number of hydrogen-bond acceptors (Lipinski definition) is 2. The first-order valence-electron chi connectivity index (χ1n) is 7.88. The number of halogens is 1. The van der Waals surface area contributed by atoms with E-state index in [0.29, 0.717) is 12.1 Å². The summed E-state index contributed by atoms with van der Waals surface area (Å²) >= 11 is 0. The fourth-order valence-corrected chi connectivity index (χ4v) is 2.42. The van der Waals surface area contributed by atoms with E-state index < -0.39 is 0 Å². The lowest BCUT2D eigenvalue weighted by Crippen LogP contribution is -2.26. The maximum atomic E-state index is 13.2. The maximum Gasteiger partial charge on any atom is 0.251 e. The van der Waals surface area contributed by atoms with E-state index in [2.05, 4.69) is 29.4 Å². The van der Waals surface area contributed by atoms with Gasteiger partial charge >= 0.3 is 0 Å². The summed E-state index contributed by atoms with van der Waals surface area (Å²) in [5.74, 6) is -0.594. The third-order valence-electron chi connectivity index (χ3n) is 3.85. The number of unbranched alkanes of at least 4 members (excludes halogenated alkanes) is 1. The smallest absolute Gasteiger partial charge is 0.251 e. The predicted octanol–water partition coefficient (Wildman–Crippen LogP) is 3.78. The maximum absolute atomic E-state index is 13.2. The number of nitrogens with one attached hydrogen (secondary N) is 1. The van der Waals surface area contributed by atoms with Gasteiger partial charge in [0.25, 0.3) is 5.91 Å². The molecule has 0 saturated heterocycles. The highest BCUT2D eigenvalue weighted by molar-refractivity contribution is 5.95. The SMILES string of the molecule is Cc1ccc(F)cc1C(=O)NCCCCN(C)c1ccccc1. The molecule has 0 heterocycles. The summed E-state index contributed by atoms with van der Waals surface area (Å²) in [6.07, 6.45) is 1.87. The fourth-order valence-electron chi connectivity index (χ4n) is 2.42. The molecule has 2 aromatic rings. The lowest BCUT2D eigenvalue weighted by atomic mass is 10.1. The molecule has 2 aromatic carbocycles. The van der Waals surface area contributed by atoms with Crippen LogP contribution in [-0.2, 0) is 0 Å². The minimum Gasteiger partial charge on any atom is -0.375 e. The number of aryl methyl sites for hydroxylation is 1. The van der Waals surface area contributed by atoms with Gasteiger partial charge in [-0.2, -0.15) is 0 Å². The van der Waals surface area contributed by atoms with E-state index in [-0.39, 0.29) is 11.7 Å². The van der Waals surface area contributed by atoms with Crippen LogP contribution in [0.15, 0.2) is 48.5 Å². The van der Waals surface area contributed by atoms with Crippen molar-refractivity contribution in [3.05, 3.63) is 65.5 Å². The predicted molar refractivity (Wildman–Crippen MR) is 92.4 cm³/mol. The normalized spacial score (nSPS) is 10.4. The van der Waals surface area contributed by atoms with Crippen LogP contribution < -0.4 is 10.2 Å². The van der Waals surface area contributed by atoms with Gasteiger partial charge < -0.3 is 10.2 Å². The van der Waals surface area contributed by atoms with E-state index >= 15 is 0 Å². The highest BCUT2D eigenvalue weighted by Gasteiger charge is 2.09. The zero-order valence-electron chi connectivity index (χ0n) is 13.7. The Hall–Kier alpha value is -2.36. The summed E-state index contributed by atoms with van der Waals surface area (Å²) in [6.45, 7) is 3.33. The molecule has 0 aliphatic rings. The monoisotopic (exact) mass is 314 g/mol. The Morgan fingerprint density at radius 2 is 1.87 bits per heavy atom. The van der Waals surface area contributed by atoms with Gasteiger partial charge in [0.05, 0.1) is 0 Å². The van der Waals surface area contributed by atoms with Crippen LogP contribution >= 0.6 is 0 Å². The third-order valence-corrected chi connectivity index (χ3v) is 3.85. The van der Waals surface area contributed by atoms with Crippen LogP contribution in [0.3, 0.4) is 0 Å². The zero-order chi connectivity index (χ0) is 16.7. The number of nitrogens with zero attached hydrogens (tertiary/aromatic N) is 1. The van der Waals surface area contributed by atoms with Crippen molar-refractivity contribution in [3.8, 4) is 0 Å². The van der Waals surface area contributed by atoms with Crippen molar-refractivity contribution in [1.82, 2.24) is 5.32 Å². The average molecular weight is 314 g/mol. The van der Waals surface area contributed by atoms with E-state index in [1.165, 1.54) is 17.8 Å². The number of benzene rings is 2. The van der Waals surface area contributed by atoms with Crippen LogP contribution in [0.25, 0.3) is 0 Å². The van der Waals surface area contributed by atoms with Crippen LogP contribution in [0.4, 0.5) is 10.1 Å². The van der Waals surface area contributed by atoms with Crippen molar-refractivity contribution in [2.24, 2.45) is 0 Å². The summed E-state index contributed by atoms with van der Waals surface area (Å²) in [4.78, 5) is 14.2. The average Bonchev–Trinajstić information content (AvgIpc) is 2.57. The Morgan fingerprint density at radius 3 is 2.61 bits per heavy atom. The number of hydrogen-bond donors (Lipinski definition) is 1. The first-order chi connectivity index (χ1) is 11.1. The van der Waals surface area contributed by atoms with Gasteiger partial charge in [0.15, 0.2) is 0 Å². The molecule has 0 saturated carbocycles. The molecule has 2 rings (SSSR count). The van der Waals surface area contributed by atoms with Crippen molar-refractivity contribution in [2.45, 2.75) is 19.8 Å². The molecule has 23 heavy (non-hydrogen) atoms. The van der Waals surface area contributed by atoms with Crippen LogP contribution in [0.5, 0.6) is 0 Å². The molecule has 0 spiro atoms. The van der Waals surface area contributed by atoms with Crippen LogP contribution in [0, 0.1) is 12.7 Å². The zero-order valence-corrected chi connectivity index (χ0v) is 13.7. The van der Waals surface area contributed by atoms with Gasteiger partial charge in [-0.05, 0) is 49.6 Å². The van der Waals surface area contributed by atoms with Crippen LogP contribution in [0.2, 0.25) is 0 Å². The number of carbonyl (C=O) groups is 1. The van der Waals surface area contributed by atoms with Crippen molar-refractivity contribution in [3.63, 3.8) is 0 Å². The van der Waals surface area contributed by atoms with E-state index in [9.17, 15) is 9.18 Å². The Balaban J connectivity index is 1.71. The molecular weight excluding hydrogens is 291 g/mol. The molecule has 1 N–H and O–H groups in total. The molecular formula is C19H23FN2O. The molecule has 0 atom stereocenters. The third kappa shape index (κ3) is 5.09. The molecule has 1 amide bonds. The van der Waals surface area contributed by atoms with Gasteiger partial charge in [0.2, 0.25) is 0 Å². The molecule has 0 radical (unpaired) electrons. The lowest BCUT2D eigenvalue weighted by molar-refractivity contribution is 0.0952. The van der Waals surface area contributed by atoms with Gasteiger partial charge in [0, 0.05) is 31.4 Å². The molecule has 0 aromatic heterocycles. The summed E-state index contributed by atoms with van der Waals surface area (Å²) in [6, 6.07) is 14.5. The molecule has 4 heteroatoms. The van der Waals surface area contributed by atoms with Gasteiger partial charge in [-0.15, -0.1) is 0 Å². The molecule has 0 unspecified atom stereocenters. The molecule has 3 nitrogen and oxygen atoms in total. The highest BCUT2D eigenvalue weighted by Crippen LogP contribution is 2.12. The standard InChI is InChI=1S/C19H23FN2O/c1-15-10-11-16(20)14-18(15)19(23)21-12-6-7-13-22(2)17-8-4-3-5-9-17/h3-5,8-11,14H,6-7,12-13H2,1-2H3,(H,21,23). The fraction of sp³-hybridized carbons (Fsp3) is 0.316. The number of rotatable bonds is 7. The topological polar surface area (TPSA) is 32.3 Å². The summed E-state index contributed by atoms with van der Waals surface area (Å²) < 4.78 is 13.2. The van der Waals surface area contributed by atoms with Crippen LogP contribution in [0.1, 0.15) is 28.8 Å². The number of para-hydroxylation sites is 1. The quantitative estimate of drug-likeness (QED) is 0.789. The molecule has 0 aliphatic heterocycles.